The molecule has 4 fully saturated rings. The molecule has 1 aliphatic carbocycles. The Labute approximate surface area is 251 Å². The molecule has 5 heterocycles. The molecule has 0 radical (unpaired) electrons. The maximum absolute atomic E-state index is 14.2. The van der Waals surface area contributed by atoms with Gasteiger partial charge in [0.05, 0.1) is 4.88 Å². The van der Waals surface area contributed by atoms with Gasteiger partial charge in [0.1, 0.15) is 17.9 Å². The smallest absolute Gasteiger partial charge is 0.262 e. The van der Waals surface area contributed by atoms with Crippen molar-refractivity contribution in [2.75, 3.05) is 13.1 Å². The number of rotatable bonds is 6. The molecule has 1 saturated carbocycles. The molecule has 13 heteroatoms. The molecule has 4 aliphatic rings. The van der Waals surface area contributed by atoms with Crippen molar-refractivity contribution in [2.45, 2.75) is 62.1 Å². The number of aromatic nitrogens is 1. The largest absolute Gasteiger partial charge is 0.348 e. The lowest BCUT2D eigenvalue weighted by Gasteiger charge is -2.43. The first-order valence-electron chi connectivity index (χ1n) is 14.5. The second kappa shape index (κ2) is 11.1. The Morgan fingerprint density at radius 3 is 2.65 bits per heavy atom. The number of pyridine rings is 1. The van der Waals surface area contributed by atoms with Crippen LogP contribution in [0.4, 0.5) is 8.78 Å². The minimum absolute atomic E-state index is 0.0519. The van der Waals surface area contributed by atoms with Crippen LogP contribution in [0.3, 0.4) is 0 Å². The van der Waals surface area contributed by atoms with Crippen LogP contribution in [0.15, 0.2) is 42.7 Å². The minimum atomic E-state index is -2.78. The molecule has 3 amide bonds. The summed E-state index contributed by atoms with van der Waals surface area (Å²) in [6.45, 7) is 0.759. The van der Waals surface area contributed by atoms with Crippen molar-refractivity contribution in [3.8, 4) is 0 Å². The van der Waals surface area contributed by atoms with Crippen LogP contribution in [0.1, 0.15) is 64.7 Å². The van der Waals surface area contributed by atoms with Gasteiger partial charge in [0.2, 0.25) is 20.2 Å². The Hall–Kier alpha value is -3.05. The molecule has 6 atom stereocenters. The van der Waals surface area contributed by atoms with Crippen molar-refractivity contribution >= 4 is 47.5 Å². The van der Waals surface area contributed by atoms with Crippen LogP contribution in [0.2, 0.25) is 0 Å². The summed E-state index contributed by atoms with van der Waals surface area (Å²) >= 11 is 1.21. The maximum Gasteiger partial charge on any atom is 0.262 e. The van der Waals surface area contributed by atoms with Gasteiger partial charge in [-0.3, -0.25) is 19.4 Å². The first-order chi connectivity index (χ1) is 20.7. The number of carbonyl (C=O) groups is 3. The summed E-state index contributed by atoms with van der Waals surface area (Å²) in [6.07, 6.45) is 6.58. The third kappa shape index (κ3) is 5.32. The number of amides is 3. The number of alkyl halides is 1. The molecule has 3 aromatic rings. The summed E-state index contributed by atoms with van der Waals surface area (Å²) < 4.78 is 29.1. The first kappa shape index (κ1) is 28.7. The molecule has 3 saturated heterocycles. The van der Waals surface area contributed by atoms with Gasteiger partial charge in [-0.05, 0) is 79.2 Å². The molecule has 2 aromatic heterocycles. The predicted molar refractivity (Wildman–Crippen MR) is 156 cm³/mol. The maximum atomic E-state index is 14.2. The number of likely N-dealkylation sites (tertiary alicyclic amines) is 1. The van der Waals surface area contributed by atoms with Gasteiger partial charge in [-0.15, -0.1) is 11.3 Å². The van der Waals surface area contributed by atoms with Crippen LogP contribution in [-0.2, 0) is 9.59 Å². The highest BCUT2D eigenvalue weighted by Gasteiger charge is 2.52. The third-order valence-electron chi connectivity index (χ3n) is 9.50. The second-order valence-electron chi connectivity index (χ2n) is 12.1. The van der Waals surface area contributed by atoms with Gasteiger partial charge in [0.15, 0.2) is 5.91 Å². The zero-order chi connectivity index (χ0) is 30.0. The summed E-state index contributed by atoms with van der Waals surface area (Å²) in [7, 11) is -2.78. The Bertz CT molecular complexity index is 1600. The highest BCUT2D eigenvalue weighted by atomic mass is 32.1. The normalized spacial score (nSPS) is 27.7. The van der Waals surface area contributed by atoms with Crippen LogP contribution in [0.5, 0.6) is 0 Å². The number of thiophene rings is 1. The third-order valence-corrected chi connectivity index (χ3v) is 11.3. The van der Waals surface area contributed by atoms with E-state index in [1.165, 1.54) is 41.9 Å². The molecule has 1 aromatic carbocycles. The van der Waals surface area contributed by atoms with E-state index in [0.717, 1.165) is 24.0 Å². The van der Waals surface area contributed by atoms with E-state index in [0.29, 0.717) is 53.6 Å². The molecule has 7 rings (SSSR count). The number of hydrogen-bond donors (Lipinski definition) is 3. The van der Waals surface area contributed by atoms with E-state index in [1.807, 2.05) is 0 Å². The highest BCUT2D eigenvalue weighted by Crippen LogP contribution is 2.50. The molecule has 226 valence electrons. The fraction of sp³-hybridized carbons (Fsp3) is 0.467. The highest BCUT2D eigenvalue weighted by molar-refractivity contribution is 7.45. The van der Waals surface area contributed by atoms with Gasteiger partial charge in [0.25, 0.3) is 5.91 Å². The quantitative estimate of drug-likeness (QED) is 0.352. The monoisotopic (exact) mass is 628 g/mol. The van der Waals surface area contributed by atoms with Crippen LogP contribution in [0, 0.1) is 17.7 Å². The standard InChI is InChI=1S/C30H31F2N4O5PS/c31-22-5-6-33-12-21(22)19-13-35(14-19)30(39)24-3-2-20-9-16-8-17(16)10-23(29(38)36(20)24)34-28(37)26-11-18-7-15(27(32)42(40)41)1-4-25(18)43-26/h1,4-7,11-12,16-17,19-20,23-24,27,40-41H,2-3,8-10,13-14H2,(H,34,37)/t16?,17?,20-,23+,24+,27?/m1/s1. The van der Waals surface area contributed by atoms with E-state index in [-0.39, 0.29) is 35.2 Å². The number of carbonyl (C=O) groups excluding carboxylic acids is 3. The average Bonchev–Trinajstić information content (AvgIpc) is 3.34. The summed E-state index contributed by atoms with van der Waals surface area (Å²) in [5.41, 5.74) is 0.618. The molecule has 9 nitrogen and oxygen atoms in total. The lowest BCUT2D eigenvalue weighted by atomic mass is 9.91. The lowest BCUT2D eigenvalue weighted by molar-refractivity contribution is -0.149. The summed E-state index contributed by atoms with van der Waals surface area (Å²) in [4.78, 5) is 67.4. The van der Waals surface area contributed by atoms with Crippen LogP contribution >= 0.6 is 19.7 Å². The number of halogens is 2. The fourth-order valence-electron chi connectivity index (χ4n) is 7.07. The minimum Gasteiger partial charge on any atom is -0.348 e. The van der Waals surface area contributed by atoms with Crippen LogP contribution in [0.25, 0.3) is 10.1 Å². The van der Waals surface area contributed by atoms with E-state index in [1.54, 1.807) is 21.9 Å². The zero-order valence-corrected chi connectivity index (χ0v) is 24.8. The topological polar surface area (TPSA) is 123 Å². The van der Waals surface area contributed by atoms with Crippen molar-refractivity contribution in [1.29, 1.82) is 0 Å². The Morgan fingerprint density at radius 1 is 1.09 bits per heavy atom. The zero-order valence-electron chi connectivity index (χ0n) is 23.1. The molecule has 0 spiro atoms. The van der Waals surface area contributed by atoms with Gasteiger partial charge in [-0.2, -0.15) is 0 Å². The number of benzene rings is 1. The lowest BCUT2D eigenvalue weighted by Crippen LogP contribution is -2.59. The van der Waals surface area contributed by atoms with Crippen molar-refractivity contribution in [1.82, 2.24) is 20.1 Å². The van der Waals surface area contributed by atoms with E-state index in [9.17, 15) is 33.0 Å². The number of hydrogen-bond acceptors (Lipinski definition) is 7. The van der Waals surface area contributed by atoms with Crippen molar-refractivity contribution in [3.63, 3.8) is 0 Å². The van der Waals surface area contributed by atoms with Gasteiger partial charge >= 0.3 is 0 Å². The van der Waals surface area contributed by atoms with Crippen LogP contribution < -0.4 is 5.32 Å². The molecule has 0 bridgehead atoms. The van der Waals surface area contributed by atoms with Gasteiger partial charge < -0.3 is 24.9 Å². The molecular weight excluding hydrogens is 597 g/mol. The molecule has 3 N–H and O–H groups in total. The number of nitrogens with zero attached hydrogens (tertiary/aromatic N) is 3. The number of nitrogens with one attached hydrogen (secondary N) is 1. The van der Waals surface area contributed by atoms with E-state index in [4.69, 9.17) is 0 Å². The van der Waals surface area contributed by atoms with Gasteiger partial charge in [0, 0.05) is 47.7 Å². The van der Waals surface area contributed by atoms with E-state index in [2.05, 4.69) is 10.3 Å². The SMILES string of the molecule is O=C(N[C@H]1CC2CC2C[C@H]2CC[C@@H](C(=O)N3CC(c4cnccc4F)C3)N2C1=O)c1cc2cc(C(F)P(O)O)ccc2s1. The van der Waals surface area contributed by atoms with Crippen molar-refractivity contribution in [3.05, 3.63) is 64.5 Å². The van der Waals surface area contributed by atoms with E-state index < -0.39 is 32.3 Å². The average molecular weight is 629 g/mol. The fourth-order valence-corrected chi connectivity index (χ4v) is 8.45. The summed E-state index contributed by atoms with van der Waals surface area (Å²) in [5, 5.41) is 3.55. The molecule has 43 heavy (non-hydrogen) atoms. The van der Waals surface area contributed by atoms with E-state index >= 15 is 0 Å². The molecular formula is C30H31F2N4O5PS. The first-order valence-corrected chi connectivity index (χ1v) is 16.7. The molecule has 3 unspecified atom stereocenters. The Balaban J connectivity index is 1.07. The van der Waals surface area contributed by atoms with Crippen molar-refractivity contribution in [2.24, 2.45) is 11.8 Å². The van der Waals surface area contributed by atoms with Crippen molar-refractivity contribution < 1.29 is 33.0 Å². The van der Waals surface area contributed by atoms with Crippen LogP contribution in [-0.4, -0.2) is 73.5 Å². The predicted octanol–water partition coefficient (Wildman–Crippen LogP) is 4.21. The van der Waals surface area contributed by atoms with Gasteiger partial charge in [-0.1, -0.05) is 6.07 Å². The summed E-state index contributed by atoms with van der Waals surface area (Å²) in [5.74, 6) is -2.32. The molecule has 3 aliphatic heterocycles. The second-order valence-corrected chi connectivity index (χ2v) is 14.3. The summed E-state index contributed by atoms with van der Waals surface area (Å²) in [6, 6.07) is 6.12. The van der Waals surface area contributed by atoms with Gasteiger partial charge in [-0.25, -0.2) is 8.78 Å². The Morgan fingerprint density at radius 2 is 1.88 bits per heavy atom. The Kier molecular flexibility index (Phi) is 7.44. The number of fused-ring (bicyclic) bond motifs is 3.